The number of hydrogen-bond donors (Lipinski definition) is 1. The van der Waals surface area contributed by atoms with Crippen LogP contribution < -0.4 is 5.32 Å². The van der Waals surface area contributed by atoms with Crippen LogP contribution in [0.15, 0.2) is 12.1 Å². The molecule has 1 rings (SSSR count). The first kappa shape index (κ1) is 14.5. The van der Waals surface area contributed by atoms with Crippen LogP contribution in [0.3, 0.4) is 0 Å². The van der Waals surface area contributed by atoms with Gasteiger partial charge in [0, 0.05) is 11.4 Å². The molecule has 1 unspecified atom stereocenters. The fourth-order valence-electron chi connectivity index (χ4n) is 1.51. The van der Waals surface area contributed by atoms with Gasteiger partial charge in [-0.2, -0.15) is 0 Å². The van der Waals surface area contributed by atoms with Crippen LogP contribution in [-0.4, -0.2) is 18.6 Å². The topological polar surface area (TPSA) is 38.3 Å². The van der Waals surface area contributed by atoms with Crippen LogP contribution in [0.5, 0.6) is 0 Å². The van der Waals surface area contributed by atoms with Crippen LogP contribution in [0, 0.1) is 0 Å². The summed E-state index contributed by atoms with van der Waals surface area (Å²) in [5.74, 6) is -0.169. The van der Waals surface area contributed by atoms with E-state index >= 15 is 0 Å². The Hall–Kier alpha value is -0.580. The van der Waals surface area contributed by atoms with Gasteiger partial charge in [0.1, 0.15) is 6.04 Å². The number of ether oxygens (including phenoxy) is 1. The van der Waals surface area contributed by atoms with Crippen molar-refractivity contribution in [3.8, 4) is 0 Å². The average molecular weight is 276 g/mol. The minimum absolute atomic E-state index is 0.169. The van der Waals surface area contributed by atoms with E-state index in [9.17, 15) is 4.79 Å². The van der Waals surface area contributed by atoms with E-state index in [1.807, 2.05) is 19.1 Å². The van der Waals surface area contributed by atoms with Gasteiger partial charge in [-0.25, -0.2) is 0 Å². The molecule has 0 aliphatic rings. The van der Waals surface area contributed by atoms with Gasteiger partial charge in [0.2, 0.25) is 0 Å². The zero-order chi connectivity index (χ0) is 12.7. The van der Waals surface area contributed by atoms with Crippen LogP contribution in [0.1, 0.15) is 31.6 Å². The summed E-state index contributed by atoms with van der Waals surface area (Å²) in [5.41, 5.74) is 0. The Balaban J connectivity index is 2.46. The molecule has 1 aromatic heterocycles. The van der Waals surface area contributed by atoms with Gasteiger partial charge >= 0.3 is 5.97 Å². The average Bonchev–Trinajstić information content (AvgIpc) is 2.70. The Morgan fingerprint density at radius 2 is 2.29 bits per heavy atom. The highest BCUT2D eigenvalue weighted by atomic mass is 35.5. The van der Waals surface area contributed by atoms with Gasteiger partial charge in [-0.15, -0.1) is 11.3 Å². The van der Waals surface area contributed by atoms with Crippen molar-refractivity contribution in [3.05, 3.63) is 21.3 Å². The second-order valence-electron chi connectivity index (χ2n) is 3.68. The smallest absolute Gasteiger partial charge is 0.323 e. The van der Waals surface area contributed by atoms with E-state index in [-0.39, 0.29) is 12.0 Å². The summed E-state index contributed by atoms with van der Waals surface area (Å²) in [5, 5.41) is 3.21. The number of thiophene rings is 1. The number of esters is 1. The molecular weight excluding hydrogens is 258 g/mol. The summed E-state index contributed by atoms with van der Waals surface area (Å²) in [6, 6.07) is 3.61. The minimum atomic E-state index is -0.221. The van der Waals surface area contributed by atoms with Crippen LogP contribution in [0.2, 0.25) is 4.34 Å². The third-order valence-corrected chi connectivity index (χ3v) is 3.53. The SMILES string of the molecule is CCCC(NCc1ccc(Cl)s1)C(=O)OCC. The maximum atomic E-state index is 11.7. The lowest BCUT2D eigenvalue weighted by molar-refractivity contribution is -0.145. The summed E-state index contributed by atoms with van der Waals surface area (Å²) in [6.45, 7) is 4.95. The zero-order valence-corrected chi connectivity index (χ0v) is 11.7. The standard InChI is InChI=1S/C12H18ClNO2S/c1-3-5-10(12(15)16-4-2)14-8-9-6-7-11(13)17-9/h6-7,10,14H,3-5,8H2,1-2H3. The lowest BCUT2D eigenvalue weighted by Crippen LogP contribution is -2.37. The molecule has 0 aromatic carbocycles. The summed E-state index contributed by atoms with van der Waals surface area (Å²) in [4.78, 5) is 12.8. The molecule has 0 radical (unpaired) electrons. The summed E-state index contributed by atoms with van der Waals surface area (Å²) >= 11 is 7.37. The van der Waals surface area contributed by atoms with Gasteiger partial charge in [-0.3, -0.25) is 10.1 Å². The van der Waals surface area contributed by atoms with Gasteiger partial charge < -0.3 is 4.74 Å². The van der Waals surface area contributed by atoms with Crippen LogP contribution in [-0.2, 0) is 16.1 Å². The fraction of sp³-hybridized carbons (Fsp3) is 0.583. The number of carbonyl (C=O) groups excluding carboxylic acids is 1. The highest BCUT2D eigenvalue weighted by Gasteiger charge is 2.18. The summed E-state index contributed by atoms with van der Waals surface area (Å²) < 4.78 is 5.79. The molecule has 3 nitrogen and oxygen atoms in total. The molecule has 0 bridgehead atoms. The molecule has 96 valence electrons. The first-order valence-corrected chi connectivity index (χ1v) is 7.01. The molecule has 1 heterocycles. The second-order valence-corrected chi connectivity index (χ2v) is 5.48. The maximum absolute atomic E-state index is 11.7. The van der Waals surface area contributed by atoms with Crippen LogP contribution in [0.4, 0.5) is 0 Å². The summed E-state index contributed by atoms with van der Waals surface area (Å²) in [7, 11) is 0. The van der Waals surface area contributed by atoms with E-state index in [0.29, 0.717) is 13.2 Å². The molecule has 0 saturated heterocycles. The predicted molar refractivity (Wildman–Crippen MR) is 71.5 cm³/mol. The normalized spacial score (nSPS) is 12.4. The van der Waals surface area contributed by atoms with Gasteiger partial charge in [0.05, 0.1) is 10.9 Å². The third-order valence-electron chi connectivity index (χ3n) is 2.30. The van der Waals surface area contributed by atoms with Crippen molar-refractivity contribution < 1.29 is 9.53 Å². The monoisotopic (exact) mass is 275 g/mol. The highest BCUT2D eigenvalue weighted by Crippen LogP contribution is 2.21. The van der Waals surface area contributed by atoms with Crippen LogP contribution in [0.25, 0.3) is 0 Å². The Morgan fingerprint density at radius 1 is 1.53 bits per heavy atom. The molecule has 17 heavy (non-hydrogen) atoms. The molecular formula is C12H18ClNO2S. The van der Waals surface area contributed by atoms with E-state index in [1.165, 1.54) is 11.3 Å². The first-order valence-electron chi connectivity index (χ1n) is 5.81. The van der Waals surface area contributed by atoms with E-state index in [1.54, 1.807) is 0 Å². The second kappa shape index (κ2) is 7.69. The quantitative estimate of drug-likeness (QED) is 0.777. The maximum Gasteiger partial charge on any atom is 0.323 e. The van der Waals surface area contributed by atoms with Crippen molar-refractivity contribution in [1.29, 1.82) is 0 Å². The Labute approximate surface area is 111 Å². The number of nitrogens with one attached hydrogen (secondary N) is 1. The molecule has 5 heteroatoms. The molecule has 0 aliphatic heterocycles. The highest BCUT2D eigenvalue weighted by molar-refractivity contribution is 7.16. The van der Waals surface area contributed by atoms with Crippen molar-refractivity contribution in [2.75, 3.05) is 6.61 Å². The fourth-order valence-corrected chi connectivity index (χ4v) is 2.54. The molecule has 0 aliphatic carbocycles. The lowest BCUT2D eigenvalue weighted by atomic mass is 10.1. The molecule has 1 atom stereocenters. The number of carbonyl (C=O) groups is 1. The van der Waals surface area contributed by atoms with Crippen molar-refractivity contribution in [1.82, 2.24) is 5.32 Å². The van der Waals surface area contributed by atoms with Gasteiger partial charge in [0.25, 0.3) is 0 Å². The first-order chi connectivity index (χ1) is 8.17. The lowest BCUT2D eigenvalue weighted by Gasteiger charge is -2.15. The van der Waals surface area contributed by atoms with Crippen LogP contribution >= 0.6 is 22.9 Å². The Morgan fingerprint density at radius 3 is 2.82 bits per heavy atom. The zero-order valence-electron chi connectivity index (χ0n) is 10.2. The van der Waals surface area contributed by atoms with Crippen molar-refractivity contribution >= 4 is 28.9 Å². The molecule has 1 N–H and O–H groups in total. The molecule has 0 spiro atoms. The predicted octanol–water partition coefficient (Wildman–Crippen LogP) is 3.22. The molecule has 1 aromatic rings. The van der Waals surface area contributed by atoms with Crippen molar-refractivity contribution in [2.24, 2.45) is 0 Å². The number of hydrogen-bond acceptors (Lipinski definition) is 4. The van der Waals surface area contributed by atoms with E-state index in [4.69, 9.17) is 16.3 Å². The largest absolute Gasteiger partial charge is 0.465 e. The minimum Gasteiger partial charge on any atom is -0.465 e. The molecule has 0 saturated carbocycles. The number of halogens is 1. The van der Waals surface area contributed by atoms with E-state index in [2.05, 4.69) is 12.2 Å². The Bertz CT molecular complexity index is 354. The molecule has 0 amide bonds. The van der Waals surface area contributed by atoms with Crippen molar-refractivity contribution in [3.63, 3.8) is 0 Å². The third kappa shape index (κ3) is 5.06. The van der Waals surface area contributed by atoms with E-state index in [0.717, 1.165) is 22.1 Å². The van der Waals surface area contributed by atoms with Crippen molar-refractivity contribution in [2.45, 2.75) is 39.3 Å². The van der Waals surface area contributed by atoms with E-state index < -0.39 is 0 Å². The van der Waals surface area contributed by atoms with Gasteiger partial charge in [0.15, 0.2) is 0 Å². The number of rotatable bonds is 7. The summed E-state index contributed by atoms with van der Waals surface area (Å²) in [6.07, 6.45) is 1.74. The Kier molecular flexibility index (Phi) is 6.55. The van der Waals surface area contributed by atoms with Gasteiger partial charge in [-0.1, -0.05) is 24.9 Å². The van der Waals surface area contributed by atoms with Gasteiger partial charge in [-0.05, 0) is 25.5 Å². The molecule has 0 fully saturated rings.